The Bertz CT molecular complexity index is 919. The Hall–Kier alpha value is -2.68. The van der Waals surface area contributed by atoms with Crippen LogP contribution in [0.15, 0.2) is 42.5 Å². The van der Waals surface area contributed by atoms with Gasteiger partial charge in [-0.3, -0.25) is 9.10 Å². The number of sulfonamides is 1. The third kappa shape index (κ3) is 5.65. The summed E-state index contributed by atoms with van der Waals surface area (Å²) in [5.41, 5.74) is 0.725. The number of nitrogens with zero attached hydrogens (tertiary/aromatic N) is 1. The number of para-hydroxylation sites is 1. The van der Waals surface area contributed by atoms with Crippen LogP contribution >= 0.6 is 0 Å². The van der Waals surface area contributed by atoms with Crippen molar-refractivity contribution in [1.82, 2.24) is 5.32 Å². The van der Waals surface area contributed by atoms with Gasteiger partial charge in [0.15, 0.2) is 11.6 Å². The van der Waals surface area contributed by atoms with Crippen molar-refractivity contribution in [3.63, 3.8) is 0 Å². The number of ether oxygens (including phenoxy) is 1. The van der Waals surface area contributed by atoms with Crippen LogP contribution in [-0.2, 0) is 21.4 Å². The van der Waals surface area contributed by atoms with Crippen LogP contribution in [0.25, 0.3) is 0 Å². The first-order valence-electron chi connectivity index (χ1n) is 8.03. The average Bonchev–Trinajstić information content (AvgIpc) is 2.62. The number of carbonyl (C=O) groups is 1. The first-order valence-corrected chi connectivity index (χ1v) is 9.88. The van der Waals surface area contributed by atoms with Gasteiger partial charge in [-0.1, -0.05) is 18.2 Å². The second-order valence-electron chi connectivity index (χ2n) is 5.77. The monoisotopic (exact) mass is 398 g/mol. The number of hydrogen-bond donors (Lipinski definition) is 1. The molecule has 0 heterocycles. The Balaban J connectivity index is 2.02. The maximum Gasteiger partial charge on any atom is 0.232 e. The Labute approximate surface area is 156 Å². The number of hydrogen-bond acceptors (Lipinski definition) is 4. The zero-order chi connectivity index (χ0) is 20.0. The first kappa shape index (κ1) is 20.6. The molecule has 0 spiro atoms. The highest BCUT2D eigenvalue weighted by Crippen LogP contribution is 2.21. The van der Waals surface area contributed by atoms with Crippen LogP contribution < -0.4 is 14.4 Å². The molecule has 0 unspecified atom stereocenters. The number of methoxy groups -OCH3 is 1. The molecule has 0 aliphatic rings. The van der Waals surface area contributed by atoms with Crippen molar-refractivity contribution in [2.45, 2.75) is 13.0 Å². The summed E-state index contributed by atoms with van der Waals surface area (Å²) in [7, 11) is -2.26. The van der Waals surface area contributed by atoms with Crippen molar-refractivity contribution >= 4 is 21.6 Å². The van der Waals surface area contributed by atoms with E-state index in [1.165, 1.54) is 7.11 Å². The highest BCUT2D eigenvalue weighted by molar-refractivity contribution is 7.92. The van der Waals surface area contributed by atoms with Crippen LogP contribution in [0.2, 0.25) is 0 Å². The minimum absolute atomic E-state index is 0.0473. The number of benzene rings is 2. The number of carbonyl (C=O) groups excluding carboxylic acids is 1. The molecule has 2 aromatic carbocycles. The molecule has 0 saturated heterocycles. The lowest BCUT2D eigenvalue weighted by atomic mass is 10.2. The maximum atomic E-state index is 13.4. The molecular formula is C18H20F2N2O4S. The van der Waals surface area contributed by atoms with Gasteiger partial charge < -0.3 is 10.1 Å². The minimum Gasteiger partial charge on any atom is -0.496 e. The van der Waals surface area contributed by atoms with Crippen molar-refractivity contribution in [3.05, 3.63) is 59.7 Å². The Morgan fingerprint density at radius 2 is 1.85 bits per heavy atom. The van der Waals surface area contributed by atoms with E-state index in [1.54, 1.807) is 24.3 Å². The zero-order valence-electron chi connectivity index (χ0n) is 14.9. The number of nitrogens with one attached hydrogen (secondary N) is 1. The fraction of sp³-hybridized carbons (Fsp3) is 0.278. The van der Waals surface area contributed by atoms with Gasteiger partial charge in [0.1, 0.15) is 5.75 Å². The van der Waals surface area contributed by atoms with Crippen LogP contribution in [0.4, 0.5) is 14.5 Å². The zero-order valence-corrected chi connectivity index (χ0v) is 15.7. The van der Waals surface area contributed by atoms with Crippen LogP contribution in [0.3, 0.4) is 0 Å². The number of amides is 1. The summed E-state index contributed by atoms with van der Waals surface area (Å²) in [5, 5.41) is 2.68. The Morgan fingerprint density at radius 1 is 1.15 bits per heavy atom. The number of anilines is 1. The fourth-order valence-electron chi connectivity index (χ4n) is 2.46. The van der Waals surface area contributed by atoms with E-state index in [0.29, 0.717) is 5.75 Å². The van der Waals surface area contributed by atoms with Gasteiger partial charge in [0.05, 0.1) is 19.1 Å². The summed E-state index contributed by atoms with van der Waals surface area (Å²) < 4.78 is 56.5. The number of halogens is 2. The van der Waals surface area contributed by atoms with Crippen molar-refractivity contribution in [1.29, 1.82) is 0 Å². The topological polar surface area (TPSA) is 75.7 Å². The summed E-state index contributed by atoms with van der Waals surface area (Å²) in [6.45, 7) is 0.00849. The summed E-state index contributed by atoms with van der Waals surface area (Å²) in [5.74, 6) is -2.02. The summed E-state index contributed by atoms with van der Waals surface area (Å²) in [6, 6.07) is 9.92. The van der Waals surface area contributed by atoms with Crippen molar-refractivity contribution < 1.29 is 26.7 Å². The van der Waals surface area contributed by atoms with Gasteiger partial charge in [0.2, 0.25) is 15.9 Å². The van der Waals surface area contributed by atoms with E-state index in [9.17, 15) is 22.0 Å². The molecular weight excluding hydrogens is 378 g/mol. The van der Waals surface area contributed by atoms with Gasteiger partial charge in [-0.2, -0.15) is 0 Å². The lowest BCUT2D eigenvalue weighted by Gasteiger charge is -2.22. The molecule has 0 aliphatic carbocycles. The summed E-state index contributed by atoms with van der Waals surface area (Å²) in [6.07, 6.45) is 0.780. The lowest BCUT2D eigenvalue weighted by Crippen LogP contribution is -2.34. The van der Waals surface area contributed by atoms with Crippen LogP contribution in [-0.4, -0.2) is 34.2 Å². The molecule has 0 bridgehead atoms. The van der Waals surface area contributed by atoms with Crippen LogP contribution in [0.5, 0.6) is 5.75 Å². The molecule has 1 amide bonds. The molecule has 0 radical (unpaired) electrons. The molecule has 0 aliphatic heterocycles. The fourth-order valence-corrected chi connectivity index (χ4v) is 3.38. The molecule has 0 atom stereocenters. The highest BCUT2D eigenvalue weighted by Gasteiger charge is 2.20. The average molecular weight is 398 g/mol. The van der Waals surface area contributed by atoms with Crippen molar-refractivity contribution in [2.24, 2.45) is 0 Å². The van der Waals surface area contributed by atoms with E-state index in [0.717, 1.165) is 34.3 Å². The van der Waals surface area contributed by atoms with Gasteiger partial charge in [-0.25, -0.2) is 17.2 Å². The first-order chi connectivity index (χ1) is 12.7. The molecule has 6 nitrogen and oxygen atoms in total. The van der Waals surface area contributed by atoms with E-state index >= 15 is 0 Å². The quantitative estimate of drug-likeness (QED) is 0.741. The predicted molar refractivity (Wildman–Crippen MR) is 98.0 cm³/mol. The van der Waals surface area contributed by atoms with E-state index in [1.807, 2.05) is 0 Å². The molecule has 2 aromatic rings. The normalized spacial score (nSPS) is 11.1. The molecule has 0 aromatic heterocycles. The van der Waals surface area contributed by atoms with E-state index < -0.39 is 27.6 Å². The molecule has 9 heteroatoms. The third-order valence-corrected chi connectivity index (χ3v) is 5.00. The summed E-state index contributed by atoms with van der Waals surface area (Å²) in [4.78, 5) is 12.1. The van der Waals surface area contributed by atoms with Gasteiger partial charge in [0.25, 0.3) is 0 Å². The Morgan fingerprint density at radius 3 is 2.48 bits per heavy atom. The third-order valence-electron chi connectivity index (χ3n) is 3.80. The predicted octanol–water partition coefficient (Wildman–Crippen LogP) is 2.45. The molecule has 0 fully saturated rings. The second kappa shape index (κ2) is 8.81. The van der Waals surface area contributed by atoms with E-state index in [-0.39, 0.29) is 25.2 Å². The molecule has 27 heavy (non-hydrogen) atoms. The van der Waals surface area contributed by atoms with Gasteiger partial charge >= 0.3 is 0 Å². The number of rotatable bonds is 8. The van der Waals surface area contributed by atoms with E-state index in [4.69, 9.17) is 4.74 Å². The van der Waals surface area contributed by atoms with Gasteiger partial charge in [-0.15, -0.1) is 0 Å². The molecule has 1 N–H and O–H groups in total. The largest absolute Gasteiger partial charge is 0.496 e. The summed E-state index contributed by atoms with van der Waals surface area (Å²) >= 11 is 0. The second-order valence-corrected chi connectivity index (χ2v) is 7.68. The van der Waals surface area contributed by atoms with Crippen LogP contribution in [0.1, 0.15) is 12.0 Å². The SMILES string of the molecule is COc1ccccc1CNC(=O)CCN(c1ccc(F)c(F)c1)S(C)(=O)=O. The van der Waals surface area contributed by atoms with Crippen molar-refractivity contribution in [2.75, 3.05) is 24.2 Å². The smallest absolute Gasteiger partial charge is 0.232 e. The van der Waals surface area contributed by atoms with Crippen LogP contribution in [0, 0.1) is 11.6 Å². The standard InChI is InChI=1S/C18H20F2N2O4S/c1-26-17-6-4-3-5-13(17)12-21-18(23)9-10-22(27(2,24)25)14-7-8-15(19)16(20)11-14/h3-8,11H,9-10,12H2,1-2H3,(H,21,23). The van der Waals surface area contributed by atoms with Gasteiger partial charge in [0, 0.05) is 31.1 Å². The lowest BCUT2D eigenvalue weighted by molar-refractivity contribution is -0.121. The minimum atomic E-state index is -3.78. The molecule has 0 saturated carbocycles. The molecule has 146 valence electrons. The van der Waals surface area contributed by atoms with Crippen molar-refractivity contribution in [3.8, 4) is 5.75 Å². The maximum absolute atomic E-state index is 13.4. The van der Waals surface area contributed by atoms with E-state index in [2.05, 4.69) is 5.32 Å². The van der Waals surface area contributed by atoms with Gasteiger partial charge in [-0.05, 0) is 18.2 Å². The highest BCUT2D eigenvalue weighted by atomic mass is 32.2. The Kier molecular flexibility index (Phi) is 6.73. The molecule has 2 rings (SSSR count).